The Morgan fingerprint density at radius 1 is 0.250 bits per heavy atom. The Balaban J connectivity index is 5.22. The number of carbonyl (C=O) groups is 4. The number of carbonyl (C=O) groups excluding carboxylic acids is 4. The van der Waals surface area contributed by atoms with Gasteiger partial charge in [-0.05, 0) is 37.5 Å². The number of aliphatic hydroxyl groups is 1. The van der Waals surface area contributed by atoms with E-state index in [0.29, 0.717) is 25.7 Å². The highest BCUT2D eigenvalue weighted by molar-refractivity contribution is 7.47. The van der Waals surface area contributed by atoms with Gasteiger partial charge in [0, 0.05) is 25.7 Å². The third-order valence-electron chi connectivity index (χ3n) is 21.0. The predicted molar refractivity (Wildman–Crippen MR) is 446 cm³/mol. The summed E-state index contributed by atoms with van der Waals surface area (Å²) in [6, 6.07) is 0. The summed E-state index contributed by atoms with van der Waals surface area (Å²) in [5, 5.41) is 10.7. The van der Waals surface area contributed by atoms with Crippen molar-refractivity contribution >= 4 is 39.5 Å². The minimum Gasteiger partial charge on any atom is -0.462 e. The molecule has 0 amide bonds. The van der Waals surface area contributed by atoms with Crippen LogP contribution in [0.25, 0.3) is 0 Å². The summed E-state index contributed by atoms with van der Waals surface area (Å²) < 4.78 is 69.0. The molecule has 0 aliphatic rings. The van der Waals surface area contributed by atoms with Crippen LogP contribution >= 0.6 is 15.6 Å². The molecule has 17 nitrogen and oxygen atoms in total. The summed E-state index contributed by atoms with van der Waals surface area (Å²) in [5.41, 5.74) is 0. The number of rotatable bonds is 88. The Bertz CT molecular complexity index is 2060. The van der Waals surface area contributed by atoms with Crippen molar-refractivity contribution in [1.29, 1.82) is 0 Å². The van der Waals surface area contributed by atoms with Crippen LogP contribution in [0.2, 0.25) is 0 Å². The second-order valence-corrected chi connectivity index (χ2v) is 35.8. The van der Waals surface area contributed by atoms with Gasteiger partial charge >= 0.3 is 39.5 Å². The normalized spacial score (nSPS) is 13.8. The number of hydrogen-bond donors (Lipinski definition) is 3. The lowest BCUT2D eigenvalue weighted by Crippen LogP contribution is -2.30. The lowest BCUT2D eigenvalue weighted by molar-refractivity contribution is -0.161. The first-order valence-corrected chi connectivity index (χ1v) is 49.0. The van der Waals surface area contributed by atoms with Gasteiger partial charge in [-0.1, -0.05) is 427 Å². The summed E-state index contributed by atoms with van der Waals surface area (Å²) in [5.74, 6) is -0.501. The Morgan fingerprint density at radius 2 is 0.426 bits per heavy atom. The first kappa shape index (κ1) is 106. The molecule has 19 heteroatoms. The Kier molecular flexibility index (Phi) is 78.8. The maximum atomic E-state index is 13.2. The molecule has 3 N–H and O–H groups in total. The molecule has 5 atom stereocenters. The summed E-state index contributed by atoms with van der Waals surface area (Å²) in [4.78, 5) is 73.3. The number of aliphatic hydroxyl groups excluding tert-OH is 1. The van der Waals surface area contributed by atoms with Gasteiger partial charge in [-0.2, -0.15) is 0 Å². The van der Waals surface area contributed by atoms with Gasteiger partial charge < -0.3 is 33.8 Å². The van der Waals surface area contributed by atoms with Gasteiger partial charge in [0.1, 0.15) is 19.3 Å². The third kappa shape index (κ3) is 82.1. The van der Waals surface area contributed by atoms with Crippen LogP contribution in [0.5, 0.6) is 0 Å². The van der Waals surface area contributed by atoms with Crippen LogP contribution in [0.1, 0.15) is 478 Å². The van der Waals surface area contributed by atoms with E-state index in [1.54, 1.807) is 0 Å². The fourth-order valence-corrected chi connectivity index (χ4v) is 15.5. The van der Waals surface area contributed by atoms with E-state index in [2.05, 4.69) is 41.5 Å². The topological polar surface area (TPSA) is 237 Å². The molecular weight excluding hydrogens is 1400 g/mol. The number of unbranched alkanes of at least 4 members (excludes halogenated alkanes) is 58. The molecule has 0 aromatic carbocycles. The molecule has 642 valence electrons. The fraction of sp³-hybridized carbons (Fsp3) is 0.955. The van der Waals surface area contributed by atoms with Crippen molar-refractivity contribution in [1.82, 2.24) is 0 Å². The molecule has 0 saturated heterocycles. The maximum Gasteiger partial charge on any atom is 0.472 e. The van der Waals surface area contributed by atoms with E-state index in [1.165, 1.54) is 295 Å². The number of phosphoric ester groups is 2. The monoisotopic (exact) mass is 1580 g/mol. The summed E-state index contributed by atoms with van der Waals surface area (Å²) in [6.07, 6.45) is 73.7. The Hall–Kier alpha value is -1.94. The van der Waals surface area contributed by atoms with Crippen molar-refractivity contribution in [2.45, 2.75) is 496 Å². The van der Waals surface area contributed by atoms with E-state index in [-0.39, 0.29) is 25.7 Å². The van der Waals surface area contributed by atoms with Crippen molar-refractivity contribution in [2.75, 3.05) is 39.6 Å². The van der Waals surface area contributed by atoms with Crippen molar-refractivity contribution in [3.8, 4) is 0 Å². The molecular formula is C89H174O17P2. The zero-order chi connectivity index (χ0) is 79.2. The van der Waals surface area contributed by atoms with Gasteiger partial charge in [0.2, 0.25) is 0 Å². The van der Waals surface area contributed by atoms with Crippen molar-refractivity contribution < 1.29 is 80.2 Å². The third-order valence-corrected chi connectivity index (χ3v) is 22.9. The van der Waals surface area contributed by atoms with Crippen LogP contribution in [0, 0.1) is 11.8 Å². The Labute approximate surface area is 664 Å². The van der Waals surface area contributed by atoms with Crippen molar-refractivity contribution in [3.63, 3.8) is 0 Å². The first-order chi connectivity index (χ1) is 52.4. The van der Waals surface area contributed by atoms with Gasteiger partial charge in [0.25, 0.3) is 0 Å². The molecule has 0 heterocycles. The van der Waals surface area contributed by atoms with Gasteiger partial charge in [-0.3, -0.25) is 37.3 Å². The molecule has 0 bridgehead atoms. The molecule has 2 unspecified atom stereocenters. The van der Waals surface area contributed by atoms with Crippen LogP contribution in [0.4, 0.5) is 0 Å². The Morgan fingerprint density at radius 3 is 0.630 bits per heavy atom. The minimum absolute atomic E-state index is 0.107. The van der Waals surface area contributed by atoms with Gasteiger partial charge in [0.05, 0.1) is 26.4 Å². The van der Waals surface area contributed by atoms with Gasteiger partial charge in [-0.15, -0.1) is 0 Å². The van der Waals surface area contributed by atoms with Gasteiger partial charge in [-0.25, -0.2) is 9.13 Å². The van der Waals surface area contributed by atoms with Crippen LogP contribution in [-0.2, 0) is 65.4 Å². The van der Waals surface area contributed by atoms with Crippen LogP contribution in [-0.4, -0.2) is 96.7 Å². The highest BCUT2D eigenvalue weighted by Crippen LogP contribution is 2.45. The van der Waals surface area contributed by atoms with E-state index in [4.69, 9.17) is 37.0 Å². The molecule has 0 aliphatic carbocycles. The molecule has 0 fully saturated rings. The van der Waals surface area contributed by atoms with E-state index < -0.39 is 97.5 Å². The molecule has 0 aliphatic heterocycles. The van der Waals surface area contributed by atoms with E-state index in [1.807, 2.05) is 0 Å². The molecule has 0 spiro atoms. The number of phosphoric acid groups is 2. The second-order valence-electron chi connectivity index (χ2n) is 32.9. The lowest BCUT2D eigenvalue weighted by atomic mass is 10.0. The second kappa shape index (κ2) is 80.3. The molecule has 108 heavy (non-hydrogen) atoms. The number of hydrogen-bond acceptors (Lipinski definition) is 15. The summed E-state index contributed by atoms with van der Waals surface area (Å²) in [7, 11) is -9.93. The zero-order valence-electron chi connectivity index (χ0n) is 71.2. The van der Waals surface area contributed by atoms with Crippen molar-refractivity contribution in [3.05, 3.63) is 0 Å². The van der Waals surface area contributed by atoms with E-state index in [9.17, 15) is 43.2 Å². The highest BCUT2D eigenvalue weighted by Gasteiger charge is 2.31. The average molecular weight is 1580 g/mol. The quantitative estimate of drug-likeness (QED) is 0.0222. The molecule has 0 rings (SSSR count). The predicted octanol–water partition coefficient (Wildman–Crippen LogP) is 27.4. The standard InChI is InChI=1S/C89H174O17P2/c1-7-9-11-13-15-17-19-20-21-22-23-24-25-29-32-35-42-48-54-60-66-72-87(92)100-78-85(105-88(93)73-67-61-55-49-43-36-33-30-27-26-28-31-34-40-45-51-57-63-69-81(3)4)80-104-108(97,98)102-76-83(90)75-101-107(95,96)103-79-84(77-99-86(91)71-65-59-53-47-39-18-16-14-12-10-8-2)106-89(94)74-68-62-56-50-44-38-37-41-46-52-58-64-70-82(5)6/h81-85,90H,7-80H2,1-6H3,(H,95,96)(H,97,98)/t83-,84+,85+/m0/s1. The van der Waals surface area contributed by atoms with Gasteiger partial charge in [0.15, 0.2) is 12.2 Å². The van der Waals surface area contributed by atoms with E-state index in [0.717, 1.165) is 102 Å². The minimum atomic E-state index is -4.97. The highest BCUT2D eigenvalue weighted by atomic mass is 31.2. The zero-order valence-corrected chi connectivity index (χ0v) is 73.0. The molecule has 0 aromatic rings. The summed E-state index contributed by atoms with van der Waals surface area (Å²) in [6.45, 7) is 9.73. The van der Waals surface area contributed by atoms with Crippen LogP contribution in [0.3, 0.4) is 0 Å². The maximum absolute atomic E-state index is 13.2. The largest absolute Gasteiger partial charge is 0.472 e. The van der Waals surface area contributed by atoms with Crippen molar-refractivity contribution in [2.24, 2.45) is 11.8 Å². The smallest absolute Gasteiger partial charge is 0.462 e. The number of esters is 4. The number of ether oxygens (including phenoxy) is 4. The molecule has 0 radical (unpaired) electrons. The lowest BCUT2D eigenvalue weighted by Gasteiger charge is -2.21. The SMILES string of the molecule is CCCCCCCCCCCCCCCCCCCCCCCC(=O)OC[C@H](COP(=O)(O)OC[C@@H](O)COP(=O)(O)OC[C@@H](COC(=O)CCCCCCCCCCCCC)OC(=O)CCCCCCCCCCCCCCC(C)C)OC(=O)CCCCCCCCCCCCCCCCCCCCC(C)C. The average Bonchev–Trinajstić information content (AvgIpc) is 0.905. The van der Waals surface area contributed by atoms with E-state index >= 15 is 0 Å². The van der Waals surface area contributed by atoms with Crippen LogP contribution in [0.15, 0.2) is 0 Å². The molecule has 0 saturated carbocycles. The fourth-order valence-electron chi connectivity index (χ4n) is 14.0. The summed E-state index contributed by atoms with van der Waals surface area (Å²) >= 11 is 0. The van der Waals surface area contributed by atoms with Crippen LogP contribution < -0.4 is 0 Å². The first-order valence-electron chi connectivity index (χ1n) is 46.0. The molecule has 0 aromatic heterocycles.